The van der Waals surface area contributed by atoms with E-state index in [1.165, 1.54) is 13.8 Å². The summed E-state index contributed by atoms with van der Waals surface area (Å²) in [7, 11) is 0. The van der Waals surface area contributed by atoms with Gasteiger partial charge in [-0.15, -0.1) is 0 Å². The number of carbonyl (C=O) groups is 3. The molecule has 102 valence electrons. The lowest BCUT2D eigenvalue weighted by Crippen LogP contribution is -2.44. The van der Waals surface area contributed by atoms with Gasteiger partial charge in [0.25, 0.3) is 0 Å². The molecule has 1 heterocycles. The third kappa shape index (κ3) is 2.26. The predicted octanol–water partition coefficient (Wildman–Crippen LogP) is 1.66. The number of likely N-dealkylation sites (tertiary alicyclic amines) is 1. The molecular weight excluding hydrogens is 234 g/mol. The average molecular weight is 255 g/mol. The van der Waals surface area contributed by atoms with E-state index in [0.717, 1.165) is 4.90 Å². The van der Waals surface area contributed by atoms with Gasteiger partial charge in [0.05, 0.1) is 10.8 Å². The first-order valence-corrected chi connectivity index (χ1v) is 6.28. The number of carboxylic acids is 1. The molecule has 18 heavy (non-hydrogen) atoms. The van der Waals surface area contributed by atoms with E-state index in [9.17, 15) is 14.4 Å². The van der Waals surface area contributed by atoms with Crippen LogP contribution in [-0.4, -0.2) is 34.3 Å². The zero-order valence-electron chi connectivity index (χ0n) is 11.4. The fraction of sp³-hybridized carbons (Fsp3) is 0.769. The van der Waals surface area contributed by atoms with Crippen molar-refractivity contribution in [3.05, 3.63) is 0 Å². The molecule has 0 saturated carbocycles. The van der Waals surface area contributed by atoms with Crippen molar-refractivity contribution in [3.63, 3.8) is 0 Å². The lowest BCUT2D eigenvalue weighted by molar-refractivity contribution is -0.151. The molecule has 0 atom stereocenters. The number of carboxylic acid groups (broad SMARTS) is 1. The summed E-state index contributed by atoms with van der Waals surface area (Å²) in [5, 5.41) is 9.07. The van der Waals surface area contributed by atoms with E-state index in [-0.39, 0.29) is 24.8 Å². The van der Waals surface area contributed by atoms with Crippen molar-refractivity contribution < 1.29 is 19.5 Å². The maximum atomic E-state index is 12.3. The van der Waals surface area contributed by atoms with E-state index >= 15 is 0 Å². The number of amides is 2. The van der Waals surface area contributed by atoms with Crippen LogP contribution in [0.3, 0.4) is 0 Å². The van der Waals surface area contributed by atoms with Crippen LogP contribution in [0.1, 0.15) is 47.0 Å². The minimum atomic E-state index is -1.11. The first-order valence-electron chi connectivity index (χ1n) is 6.28. The van der Waals surface area contributed by atoms with Crippen LogP contribution in [0.2, 0.25) is 0 Å². The number of carbonyl (C=O) groups excluding carboxylic acids is 2. The van der Waals surface area contributed by atoms with Gasteiger partial charge in [-0.3, -0.25) is 19.3 Å². The molecule has 0 aromatic heterocycles. The molecule has 0 spiro atoms. The van der Waals surface area contributed by atoms with Crippen LogP contribution in [-0.2, 0) is 14.4 Å². The van der Waals surface area contributed by atoms with Crippen LogP contribution in [0, 0.1) is 10.8 Å². The molecule has 0 aromatic rings. The minimum absolute atomic E-state index is 0.0538. The molecule has 0 radical (unpaired) electrons. The molecule has 2 amide bonds. The molecule has 0 bridgehead atoms. The standard InChI is InChI=1S/C13H21NO4/c1-5-13(6-2)7-9(15)14(10(13)16)8-12(3,4)11(17)18/h5-8H2,1-4H3,(H,17,18). The molecule has 1 saturated heterocycles. The quantitative estimate of drug-likeness (QED) is 0.758. The number of hydrogen-bond acceptors (Lipinski definition) is 3. The predicted molar refractivity (Wildman–Crippen MR) is 65.8 cm³/mol. The Morgan fingerprint density at radius 1 is 1.33 bits per heavy atom. The Balaban J connectivity index is 2.96. The van der Waals surface area contributed by atoms with E-state index in [2.05, 4.69) is 0 Å². The fourth-order valence-corrected chi connectivity index (χ4v) is 2.29. The zero-order chi connectivity index (χ0) is 14.1. The fourth-order valence-electron chi connectivity index (χ4n) is 2.29. The smallest absolute Gasteiger partial charge is 0.310 e. The Kier molecular flexibility index (Phi) is 3.84. The lowest BCUT2D eigenvalue weighted by atomic mass is 9.81. The average Bonchev–Trinajstić information content (AvgIpc) is 2.53. The SMILES string of the molecule is CCC1(CC)CC(=O)N(CC(C)(C)C(=O)O)C1=O. The number of imide groups is 1. The second kappa shape index (κ2) is 4.71. The molecule has 0 aromatic carbocycles. The third-order valence-electron chi connectivity index (χ3n) is 3.98. The molecule has 1 rings (SSSR count). The number of rotatable bonds is 5. The van der Waals surface area contributed by atoms with Gasteiger partial charge in [-0.1, -0.05) is 13.8 Å². The van der Waals surface area contributed by atoms with Crippen LogP contribution in [0.4, 0.5) is 0 Å². The van der Waals surface area contributed by atoms with Crippen molar-refractivity contribution in [1.82, 2.24) is 4.90 Å². The second-order valence-electron chi connectivity index (χ2n) is 5.64. The van der Waals surface area contributed by atoms with Gasteiger partial charge in [0, 0.05) is 13.0 Å². The molecule has 0 unspecified atom stereocenters. The van der Waals surface area contributed by atoms with Gasteiger partial charge in [-0.2, -0.15) is 0 Å². The summed E-state index contributed by atoms with van der Waals surface area (Å²) in [6.45, 7) is 6.77. The van der Waals surface area contributed by atoms with Crippen molar-refractivity contribution in [1.29, 1.82) is 0 Å². The summed E-state index contributed by atoms with van der Waals surface area (Å²) < 4.78 is 0. The van der Waals surface area contributed by atoms with E-state index in [0.29, 0.717) is 12.8 Å². The van der Waals surface area contributed by atoms with Gasteiger partial charge in [-0.25, -0.2) is 0 Å². The van der Waals surface area contributed by atoms with Crippen molar-refractivity contribution >= 4 is 17.8 Å². The summed E-state index contributed by atoms with van der Waals surface area (Å²) in [5.41, 5.74) is -1.73. The third-order valence-corrected chi connectivity index (χ3v) is 3.98. The van der Waals surface area contributed by atoms with Crippen LogP contribution in [0.15, 0.2) is 0 Å². The van der Waals surface area contributed by atoms with Gasteiger partial charge < -0.3 is 5.11 Å². The van der Waals surface area contributed by atoms with E-state index in [4.69, 9.17) is 5.11 Å². The Morgan fingerprint density at radius 2 is 1.83 bits per heavy atom. The monoisotopic (exact) mass is 255 g/mol. The van der Waals surface area contributed by atoms with Gasteiger partial charge in [0.15, 0.2) is 0 Å². The molecular formula is C13H21NO4. The normalized spacial score (nSPS) is 19.4. The van der Waals surface area contributed by atoms with Crippen LogP contribution >= 0.6 is 0 Å². The molecule has 1 aliphatic heterocycles. The largest absolute Gasteiger partial charge is 0.481 e. The van der Waals surface area contributed by atoms with Crippen LogP contribution in [0.25, 0.3) is 0 Å². The Labute approximate surface area is 107 Å². The zero-order valence-corrected chi connectivity index (χ0v) is 11.4. The van der Waals surface area contributed by atoms with Crippen molar-refractivity contribution in [2.24, 2.45) is 10.8 Å². The highest BCUT2D eigenvalue weighted by molar-refractivity contribution is 6.06. The van der Waals surface area contributed by atoms with E-state index in [1.807, 2.05) is 13.8 Å². The van der Waals surface area contributed by atoms with E-state index in [1.54, 1.807) is 0 Å². The molecule has 5 nitrogen and oxygen atoms in total. The van der Waals surface area contributed by atoms with Crippen molar-refractivity contribution in [2.45, 2.75) is 47.0 Å². The first-order chi connectivity index (χ1) is 8.20. The Bertz CT molecular complexity index is 382. The van der Waals surface area contributed by atoms with E-state index < -0.39 is 16.8 Å². The summed E-state index contributed by atoms with van der Waals surface area (Å²) in [6.07, 6.45) is 1.42. The highest BCUT2D eigenvalue weighted by Gasteiger charge is 2.50. The second-order valence-corrected chi connectivity index (χ2v) is 5.64. The molecule has 5 heteroatoms. The maximum absolute atomic E-state index is 12.3. The summed E-state index contributed by atoms with van der Waals surface area (Å²) in [5.74, 6) is -1.47. The van der Waals surface area contributed by atoms with Gasteiger partial charge >= 0.3 is 5.97 Å². The number of aliphatic carboxylic acids is 1. The van der Waals surface area contributed by atoms with Gasteiger partial charge in [-0.05, 0) is 26.7 Å². The maximum Gasteiger partial charge on any atom is 0.310 e. The Morgan fingerprint density at radius 3 is 2.17 bits per heavy atom. The first kappa shape index (κ1) is 14.7. The minimum Gasteiger partial charge on any atom is -0.481 e. The summed E-state index contributed by atoms with van der Waals surface area (Å²) in [4.78, 5) is 36.4. The van der Waals surface area contributed by atoms with Crippen LogP contribution < -0.4 is 0 Å². The van der Waals surface area contributed by atoms with Gasteiger partial charge in [0.1, 0.15) is 0 Å². The molecule has 1 N–H and O–H groups in total. The highest BCUT2D eigenvalue weighted by atomic mass is 16.4. The topological polar surface area (TPSA) is 74.7 Å². The number of hydrogen-bond donors (Lipinski definition) is 1. The van der Waals surface area contributed by atoms with Crippen molar-refractivity contribution in [3.8, 4) is 0 Å². The lowest BCUT2D eigenvalue weighted by Gasteiger charge is -2.28. The van der Waals surface area contributed by atoms with Crippen LogP contribution in [0.5, 0.6) is 0 Å². The molecule has 1 aliphatic rings. The molecule has 0 aliphatic carbocycles. The van der Waals surface area contributed by atoms with Crippen molar-refractivity contribution in [2.75, 3.05) is 6.54 Å². The molecule has 1 fully saturated rings. The Hall–Kier alpha value is -1.39. The van der Waals surface area contributed by atoms with Gasteiger partial charge in [0.2, 0.25) is 11.8 Å². The highest BCUT2D eigenvalue weighted by Crippen LogP contribution is 2.40. The number of nitrogens with zero attached hydrogens (tertiary/aromatic N) is 1. The summed E-state index contributed by atoms with van der Waals surface area (Å²) in [6, 6.07) is 0. The summed E-state index contributed by atoms with van der Waals surface area (Å²) >= 11 is 0.